The number of carbonyl (C=O) groups is 1. The minimum Gasteiger partial charge on any atom is -0.325 e. The zero-order valence-electron chi connectivity index (χ0n) is 14.1. The van der Waals surface area contributed by atoms with Crippen molar-refractivity contribution in [1.29, 1.82) is 0 Å². The Labute approximate surface area is 143 Å². The van der Waals surface area contributed by atoms with Crippen molar-refractivity contribution in [2.45, 2.75) is 19.9 Å². The number of rotatable bonds is 6. The third kappa shape index (κ3) is 4.91. The largest absolute Gasteiger partial charge is 0.325 e. The third-order valence-corrected chi connectivity index (χ3v) is 5.07. The molecule has 6 heteroatoms. The first-order valence-electron chi connectivity index (χ1n) is 7.65. The number of amides is 1. The van der Waals surface area contributed by atoms with E-state index >= 15 is 0 Å². The molecular weight excluding hydrogens is 324 g/mol. The number of aryl methyl sites for hydroxylation is 1. The molecule has 5 nitrogen and oxygen atoms in total. The standard InChI is InChI=1S/C18H22N2O3S/c1-14-9-11-17(12-10-14)19-18(21)13-20(24(3,22)23)15(2)16-7-5-4-6-8-16/h4-12,15H,13H2,1-3H3,(H,19,21). The molecule has 0 aromatic heterocycles. The number of anilines is 1. The van der Waals surface area contributed by atoms with Gasteiger partial charge in [-0.25, -0.2) is 8.42 Å². The van der Waals surface area contributed by atoms with Crippen LogP contribution in [0, 0.1) is 6.92 Å². The van der Waals surface area contributed by atoms with Crippen molar-refractivity contribution in [2.24, 2.45) is 0 Å². The van der Waals surface area contributed by atoms with E-state index in [0.29, 0.717) is 5.69 Å². The SMILES string of the molecule is Cc1ccc(NC(=O)CN(C(C)c2ccccc2)S(C)(=O)=O)cc1. The molecule has 128 valence electrons. The summed E-state index contributed by atoms with van der Waals surface area (Å²) in [6.07, 6.45) is 1.12. The smallest absolute Gasteiger partial charge is 0.239 e. The Bertz CT molecular complexity index is 787. The van der Waals surface area contributed by atoms with Gasteiger partial charge in [0.05, 0.1) is 12.8 Å². The molecule has 1 N–H and O–H groups in total. The van der Waals surface area contributed by atoms with Crippen molar-refractivity contribution in [3.05, 3.63) is 65.7 Å². The van der Waals surface area contributed by atoms with Crippen LogP contribution < -0.4 is 5.32 Å². The van der Waals surface area contributed by atoms with Gasteiger partial charge in [-0.05, 0) is 31.5 Å². The fourth-order valence-electron chi connectivity index (χ4n) is 2.42. The van der Waals surface area contributed by atoms with Crippen LogP contribution in [0.3, 0.4) is 0 Å². The summed E-state index contributed by atoms with van der Waals surface area (Å²) >= 11 is 0. The Balaban J connectivity index is 2.14. The number of carbonyl (C=O) groups excluding carboxylic acids is 1. The predicted octanol–water partition coefficient (Wildman–Crippen LogP) is 2.96. The maximum Gasteiger partial charge on any atom is 0.239 e. The monoisotopic (exact) mass is 346 g/mol. The Morgan fingerprint density at radius 2 is 1.67 bits per heavy atom. The Morgan fingerprint density at radius 1 is 1.08 bits per heavy atom. The van der Waals surface area contributed by atoms with Crippen molar-refractivity contribution in [1.82, 2.24) is 4.31 Å². The molecule has 0 spiro atoms. The fourth-order valence-corrected chi connectivity index (χ4v) is 3.47. The van der Waals surface area contributed by atoms with E-state index in [4.69, 9.17) is 0 Å². The molecule has 0 aliphatic heterocycles. The molecule has 24 heavy (non-hydrogen) atoms. The minimum atomic E-state index is -3.53. The zero-order chi connectivity index (χ0) is 17.7. The minimum absolute atomic E-state index is 0.233. The fraction of sp³-hybridized carbons (Fsp3) is 0.278. The molecule has 0 bridgehead atoms. The van der Waals surface area contributed by atoms with E-state index in [1.165, 1.54) is 4.31 Å². The first-order valence-corrected chi connectivity index (χ1v) is 9.50. The summed E-state index contributed by atoms with van der Waals surface area (Å²) in [5.74, 6) is -0.368. The third-order valence-electron chi connectivity index (χ3n) is 3.77. The Morgan fingerprint density at radius 3 is 2.21 bits per heavy atom. The highest BCUT2D eigenvalue weighted by Crippen LogP contribution is 2.22. The molecule has 0 saturated carbocycles. The maximum atomic E-state index is 12.3. The lowest BCUT2D eigenvalue weighted by atomic mass is 10.1. The van der Waals surface area contributed by atoms with Gasteiger partial charge in [-0.2, -0.15) is 4.31 Å². The summed E-state index contributed by atoms with van der Waals surface area (Å²) in [5, 5.41) is 2.73. The van der Waals surface area contributed by atoms with Crippen LogP contribution in [0.25, 0.3) is 0 Å². The lowest BCUT2D eigenvalue weighted by Gasteiger charge is -2.26. The van der Waals surface area contributed by atoms with Crippen molar-refractivity contribution >= 4 is 21.6 Å². The zero-order valence-corrected chi connectivity index (χ0v) is 14.9. The van der Waals surface area contributed by atoms with E-state index in [9.17, 15) is 13.2 Å². The van der Waals surface area contributed by atoms with Crippen LogP contribution in [0.15, 0.2) is 54.6 Å². The first kappa shape index (κ1) is 18.2. The topological polar surface area (TPSA) is 66.5 Å². The van der Waals surface area contributed by atoms with Crippen LogP contribution in [0.4, 0.5) is 5.69 Å². The Kier molecular flexibility index (Phi) is 5.75. The van der Waals surface area contributed by atoms with Gasteiger partial charge in [-0.3, -0.25) is 4.79 Å². The molecule has 2 aromatic carbocycles. The van der Waals surface area contributed by atoms with Crippen LogP contribution in [0.5, 0.6) is 0 Å². The number of sulfonamides is 1. The van der Waals surface area contributed by atoms with Gasteiger partial charge < -0.3 is 5.32 Å². The molecule has 0 radical (unpaired) electrons. The van der Waals surface area contributed by atoms with Crippen molar-refractivity contribution in [3.8, 4) is 0 Å². The maximum absolute atomic E-state index is 12.3. The van der Waals surface area contributed by atoms with Crippen molar-refractivity contribution in [3.63, 3.8) is 0 Å². The summed E-state index contributed by atoms with van der Waals surface area (Å²) in [7, 11) is -3.53. The molecule has 0 heterocycles. The number of hydrogen-bond acceptors (Lipinski definition) is 3. The van der Waals surface area contributed by atoms with E-state index in [2.05, 4.69) is 5.32 Å². The second-order valence-electron chi connectivity index (χ2n) is 5.81. The highest BCUT2D eigenvalue weighted by atomic mass is 32.2. The van der Waals surface area contributed by atoms with Gasteiger partial charge in [-0.15, -0.1) is 0 Å². The van der Waals surface area contributed by atoms with Gasteiger partial charge in [-0.1, -0.05) is 48.0 Å². The van der Waals surface area contributed by atoms with Crippen LogP contribution in [-0.4, -0.2) is 31.4 Å². The lowest BCUT2D eigenvalue weighted by Crippen LogP contribution is -2.39. The summed E-state index contributed by atoms with van der Waals surface area (Å²) in [6.45, 7) is 3.50. The molecule has 1 unspecified atom stereocenters. The first-order chi connectivity index (χ1) is 11.3. The van der Waals surface area contributed by atoms with Crippen LogP contribution in [0.2, 0.25) is 0 Å². The summed E-state index contributed by atoms with van der Waals surface area (Å²) < 4.78 is 25.4. The van der Waals surface area contributed by atoms with Crippen molar-refractivity contribution in [2.75, 3.05) is 18.1 Å². The number of nitrogens with zero attached hydrogens (tertiary/aromatic N) is 1. The normalized spacial score (nSPS) is 12.8. The molecule has 0 aliphatic carbocycles. The van der Waals surface area contributed by atoms with E-state index in [1.54, 1.807) is 19.1 Å². The molecule has 0 saturated heterocycles. The van der Waals surface area contributed by atoms with Gasteiger partial charge in [0.2, 0.25) is 15.9 Å². The molecular formula is C18H22N2O3S. The van der Waals surface area contributed by atoms with E-state index in [-0.39, 0.29) is 12.5 Å². The predicted molar refractivity (Wildman–Crippen MR) is 96.2 cm³/mol. The summed E-state index contributed by atoms with van der Waals surface area (Å²) in [5.41, 5.74) is 2.57. The van der Waals surface area contributed by atoms with Gasteiger partial charge in [0.1, 0.15) is 0 Å². The van der Waals surface area contributed by atoms with Gasteiger partial charge in [0, 0.05) is 11.7 Å². The van der Waals surface area contributed by atoms with Crippen LogP contribution >= 0.6 is 0 Å². The average molecular weight is 346 g/mol. The summed E-state index contributed by atoms with van der Waals surface area (Å²) in [6, 6.07) is 16.2. The second kappa shape index (κ2) is 7.59. The number of hydrogen-bond donors (Lipinski definition) is 1. The van der Waals surface area contributed by atoms with E-state index in [1.807, 2.05) is 49.4 Å². The van der Waals surface area contributed by atoms with Gasteiger partial charge in [0.15, 0.2) is 0 Å². The van der Waals surface area contributed by atoms with E-state index < -0.39 is 16.1 Å². The van der Waals surface area contributed by atoms with E-state index in [0.717, 1.165) is 17.4 Å². The number of benzene rings is 2. The molecule has 1 atom stereocenters. The van der Waals surface area contributed by atoms with Gasteiger partial charge >= 0.3 is 0 Å². The Hall–Kier alpha value is -2.18. The number of nitrogens with one attached hydrogen (secondary N) is 1. The van der Waals surface area contributed by atoms with Crippen LogP contribution in [-0.2, 0) is 14.8 Å². The quantitative estimate of drug-likeness (QED) is 0.874. The van der Waals surface area contributed by atoms with Crippen molar-refractivity contribution < 1.29 is 13.2 Å². The molecule has 0 fully saturated rings. The highest BCUT2D eigenvalue weighted by Gasteiger charge is 2.26. The second-order valence-corrected chi connectivity index (χ2v) is 7.74. The van der Waals surface area contributed by atoms with Gasteiger partial charge in [0.25, 0.3) is 0 Å². The molecule has 0 aliphatic rings. The molecule has 2 rings (SSSR count). The highest BCUT2D eigenvalue weighted by molar-refractivity contribution is 7.88. The lowest BCUT2D eigenvalue weighted by molar-refractivity contribution is -0.116. The van der Waals surface area contributed by atoms with Crippen LogP contribution in [0.1, 0.15) is 24.1 Å². The molecule has 2 aromatic rings. The average Bonchev–Trinajstić information content (AvgIpc) is 2.54. The molecule has 1 amide bonds. The summed E-state index contributed by atoms with van der Waals surface area (Å²) in [4.78, 5) is 12.3.